The molecule has 34 heavy (non-hydrogen) atoms. The molecule has 0 spiro atoms. The first-order valence-corrected chi connectivity index (χ1v) is 10.6. The largest absolute Gasteiger partial charge is 0.493 e. The van der Waals surface area contributed by atoms with Gasteiger partial charge in [-0.3, -0.25) is 24.4 Å². The summed E-state index contributed by atoms with van der Waals surface area (Å²) in [6.07, 6.45) is 7.98. The first-order chi connectivity index (χ1) is 16.4. The van der Waals surface area contributed by atoms with E-state index in [0.717, 1.165) is 16.3 Å². The third kappa shape index (κ3) is 3.36. The zero-order valence-electron chi connectivity index (χ0n) is 18.1. The highest BCUT2D eigenvalue weighted by Crippen LogP contribution is 2.38. The topological polar surface area (TPSA) is 122 Å². The van der Waals surface area contributed by atoms with Crippen molar-refractivity contribution >= 4 is 23.5 Å². The molecule has 0 saturated carbocycles. The van der Waals surface area contributed by atoms with Gasteiger partial charge in [0.25, 0.3) is 5.56 Å². The molecule has 168 valence electrons. The molecule has 2 aromatic carbocycles. The summed E-state index contributed by atoms with van der Waals surface area (Å²) in [6.45, 7) is 1.88. The molecule has 0 amide bonds. The van der Waals surface area contributed by atoms with Crippen LogP contribution in [0.25, 0.3) is 5.69 Å². The fraction of sp³-hybridized carbons (Fsp3) is 0.115. The molecular weight excluding hydrogens is 434 g/mol. The number of aromatic nitrogens is 2. The Bertz CT molecular complexity index is 1550. The summed E-state index contributed by atoms with van der Waals surface area (Å²) in [5.74, 6) is -2.16. The quantitative estimate of drug-likeness (QED) is 0.591. The fourth-order valence-corrected chi connectivity index (χ4v) is 4.29. The number of ketones is 2. The maximum atomic E-state index is 13.2. The van der Waals surface area contributed by atoms with Gasteiger partial charge in [-0.15, -0.1) is 0 Å². The van der Waals surface area contributed by atoms with Gasteiger partial charge in [0.15, 0.2) is 11.6 Å². The van der Waals surface area contributed by atoms with Crippen molar-refractivity contribution in [1.82, 2.24) is 9.55 Å². The van der Waals surface area contributed by atoms with Crippen molar-refractivity contribution in [2.75, 3.05) is 0 Å². The molecule has 8 nitrogen and oxygen atoms in total. The Kier molecular flexibility index (Phi) is 5.05. The van der Waals surface area contributed by atoms with Gasteiger partial charge >= 0.3 is 5.69 Å². The van der Waals surface area contributed by atoms with E-state index in [4.69, 9.17) is 0 Å². The van der Waals surface area contributed by atoms with Crippen LogP contribution in [-0.2, 0) is 0 Å². The van der Waals surface area contributed by atoms with E-state index in [1.54, 1.807) is 66.8 Å². The molecule has 0 fully saturated rings. The number of hydrogen-bond donors (Lipinski definition) is 2. The molecular formula is C26H19N3O5. The minimum absolute atomic E-state index is 0.174. The monoisotopic (exact) mass is 453 g/mol. The molecule has 1 aromatic heterocycles. The SMILES string of the molecule is Cc1ccc(-n2c(O)c(C=Nc3cccc4c3C(=O)C3C=CC=CC3C4=O)c(=O)[nH]c2=O)cc1. The summed E-state index contributed by atoms with van der Waals surface area (Å²) >= 11 is 0. The van der Waals surface area contributed by atoms with E-state index in [1.165, 1.54) is 0 Å². The normalized spacial score (nSPS) is 18.9. The molecule has 2 atom stereocenters. The number of carbonyl (C=O) groups is 2. The van der Waals surface area contributed by atoms with Gasteiger partial charge in [0.05, 0.1) is 28.8 Å². The molecule has 3 aromatic rings. The van der Waals surface area contributed by atoms with Crippen LogP contribution in [0.15, 0.2) is 81.4 Å². The van der Waals surface area contributed by atoms with Crippen molar-refractivity contribution in [2.45, 2.75) is 6.92 Å². The van der Waals surface area contributed by atoms with E-state index in [0.29, 0.717) is 5.69 Å². The van der Waals surface area contributed by atoms with Crippen molar-refractivity contribution in [3.05, 3.63) is 110 Å². The zero-order chi connectivity index (χ0) is 24.0. The van der Waals surface area contributed by atoms with Crippen LogP contribution in [-0.4, -0.2) is 32.4 Å². The number of aromatic hydroxyl groups is 1. The number of nitrogens with zero attached hydrogens (tertiary/aromatic N) is 2. The summed E-state index contributed by atoms with van der Waals surface area (Å²) in [4.78, 5) is 57.5. The summed E-state index contributed by atoms with van der Waals surface area (Å²) in [7, 11) is 0. The van der Waals surface area contributed by atoms with Gasteiger partial charge in [-0.2, -0.15) is 0 Å². The van der Waals surface area contributed by atoms with Crippen LogP contribution < -0.4 is 11.2 Å². The first-order valence-electron chi connectivity index (χ1n) is 10.6. The molecule has 0 bridgehead atoms. The Morgan fingerprint density at radius 2 is 1.62 bits per heavy atom. The Morgan fingerprint density at radius 1 is 0.941 bits per heavy atom. The minimum Gasteiger partial charge on any atom is -0.493 e. The van der Waals surface area contributed by atoms with Crippen LogP contribution in [0.2, 0.25) is 0 Å². The predicted octanol–water partition coefficient (Wildman–Crippen LogP) is 3.03. The summed E-state index contributed by atoms with van der Waals surface area (Å²) in [5.41, 5.74) is 0.0686. The molecule has 2 unspecified atom stereocenters. The Hall–Kier alpha value is -4.59. The smallest absolute Gasteiger partial charge is 0.335 e. The molecule has 8 heteroatoms. The second-order valence-electron chi connectivity index (χ2n) is 8.18. The summed E-state index contributed by atoms with van der Waals surface area (Å²) in [5, 5.41) is 10.8. The number of aromatic amines is 1. The van der Waals surface area contributed by atoms with Crippen LogP contribution in [0.5, 0.6) is 5.88 Å². The number of rotatable bonds is 3. The van der Waals surface area contributed by atoms with Crippen LogP contribution in [0, 0.1) is 18.8 Å². The minimum atomic E-state index is -0.831. The van der Waals surface area contributed by atoms with E-state index < -0.39 is 29.0 Å². The Balaban J connectivity index is 1.61. The van der Waals surface area contributed by atoms with Gasteiger partial charge in [0, 0.05) is 11.8 Å². The van der Waals surface area contributed by atoms with E-state index in [-0.39, 0.29) is 33.9 Å². The van der Waals surface area contributed by atoms with Crippen molar-refractivity contribution in [3.8, 4) is 11.6 Å². The third-order valence-electron chi connectivity index (χ3n) is 6.04. The van der Waals surface area contributed by atoms with Crippen molar-refractivity contribution in [1.29, 1.82) is 0 Å². The van der Waals surface area contributed by atoms with E-state index in [9.17, 15) is 24.3 Å². The second-order valence-corrected chi connectivity index (χ2v) is 8.18. The molecule has 0 aliphatic heterocycles. The molecule has 5 rings (SSSR count). The van der Waals surface area contributed by atoms with Crippen molar-refractivity contribution < 1.29 is 14.7 Å². The standard InChI is InChI=1S/C26H19N3O5/c1-14-9-11-15(12-10-14)29-25(33)19(24(32)28-26(29)34)13-27-20-8-4-7-18-21(20)23(31)17-6-3-2-5-16(17)22(18)30/h2-13,16-17,33H,1H3,(H,28,32,34). The average molecular weight is 453 g/mol. The number of H-pyrrole nitrogens is 1. The number of fused-ring (bicyclic) bond motifs is 2. The molecule has 0 radical (unpaired) electrons. The van der Waals surface area contributed by atoms with Crippen molar-refractivity contribution in [2.24, 2.45) is 16.8 Å². The lowest BCUT2D eigenvalue weighted by Crippen LogP contribution is -2.35. The van der Waals surface area contributed by atoms with Gasteiger partial charge in [-0.1, -0.05) is 54.1 Å². The molecule has 2 aliphatic rings. The maximum absolute atomic E-state index is 13.2. The van der Waals surface area contributed by atoms with Crippen LogP contribution in [0.1, 0.15) is 31.8 Å². The molecule has 1 heterocycles. The number of carbonyl (C=O) groups excluding carboxylic acids is 2. The molecule has 0 saturated heterocycles. The number of nitrogens with one attached hydrogen (secondary N) is 1. The number of Topliss-reactive ketones (excluding diaryl/α,β-unsaturated/α-hetero) is 2. The van der Waals surface area contributed by atoms with Gasteiger partial charge in [0.2, 0.25) is 5.88 Å². The highest BCUT2D eigenvalue weighted by molar-refractivity contribution is 6.19. The van der Waals surface area contributed by atoms with Gasteiger partial charge in [-0.25, -0.2) is 9.36 Å². The van der Waals surface area contributed by atoms with Gasteiger partial charge in [-0.05, 0) is 25.1 Å². The highest BCUT2D eigenvalue weighted by atomic mass is 16.3. The number of allylic oxidation sites excluding steroid dienone is 4. The van der Waals surface area contributed by atoms with Crippen molar-refractivity contribution in [3.63, 3.8) is 0 Å². The average Bonchev–Trinajstić information content (AvgIpc) is 2.83. The van der Waals surface area contributed by atoms with Crippen LogP contribution in [0.3, 0.4) is 0 Å². The lowest BCUT2D eigenvalue weighted by molar-refractivity contribution is 0.0802. The summed E-state index contributed by atoms with van der Waals surface area (Å²) in [6, 6.07) is 11.6. The lowest BCUT2D eigenvalue weighted by atomic mass is 9.72. The predicted molar refractivity (Wildman–Crippen MR) is 127 cm³/mol. The highest BCUT2D eigenvalue weighted by Gasteiger charge is 2.40. The number of benzene rings is 2. The maximum Gasteiger partial charge on any atom is 0.335 e. The number of hydrogen-bond acceptors (Lipinski definition) is 6. The zero-order valence-corrected chi connectivity index (χ0v) is 18.1. The van der Waals surface area contributed by atoms with Crippen LogP contribution >= 0.6 is 0 Å². The first kappa shape index (κ1) is 21.3. The fourth-order valence-electron chi connectivity index (χ4n) is 4.29. The third-order valence-corrected chi connectivity index (χ3v) is 6.04. The molecule has 2 aliphatic carbocycles. The van der Waals surface area contributed by atoms with E-state index >= 15 is 0 Å². The second kappa shape index (κ2) is 8.08. The number of aryl methyl sites for hydroxylation is 1. The Morgan fingerprint density at radius 3 is 2.32 bits per heavy atom. The molecule has 2 N–H and O–H groups in total. The van der Waals surface area contributed by atoms with Gasteiger partial charge in [0.1, 0.15) is 5.56 Å². The summed E-state index contributed by atoms with van der Waals surface area (Å²) < 4.78 is 0.959. The van der Waals surface area contributed by atoms with E-state index in [1.807, 2.05) is 6.92 Å². The van der Waals surface area contributed by atoms with Crippen LogP contribution in [0.4, 0.5) is 5.69 Å². The van der Waals surface area contributed by atoms with E-state index in [2.05, 4.69) is 9.98 Å². The van der Waals surface area contributed by atoms with Gasteiger partial charge < -0.3 is 5.11 Å². The number of aliphatic imine (C=N–C) groups is 1. The lowest BCUT2D eigenvalue weighted by Gasteiger charge is -2.28. The Labute approximate surface area is 193 Å².